The molecule has 75 heavy (non-hydrogen) atoms. The fourth-order valence-electron chi connectivity index (χ4n) is 11.4. The maximum atomic E-state index is 6.90. The van der Waals surface area contributed by atoms with Crippen LogP contribution in [0.2, 0.25) is 0 Å². The summed E-state index contributed by atoms with van der Waals surface area (Å²) in [4.78, 5) is 5.11. The van der Waals surface area contributed by atoms with Gasteiger partial charge in [0, 0.05) is 67.8 Å². The molecule has 14 rings (SSSR count). The summed E-state index contributed by atoms with van der Waals surface area (Å²) in [5.41, 5.74) is 20.0. The van der Waals surface area contributed by atoms with E-state index in [0.717, 1.165) is 78.7 Å². The number of nitrogens with one attached hydrogen (secondary N) is 2. The second kappa shape index (κ2) is 17.5. The van der Waals surface area contributed by atoms with Crippen molar-refractivity contribution in [2.75, 3.05) is 10.6 Å². The predicted octanol–water partition coefficient (Wildman–Crippen LogP) is 18.8. The van der Waals surface area contributed by atoms with Crippen molar-refractivity contribution >= 4 is 66.4 Å². The Bertz CT molecular complexity index is 4310. The van der Waals surface area contributed by atoms with E-state index in [0.29, 0.717) is 5.75 Å². The lowest BCUT2D eigenvalue weighted by atomic mass is 9.88. The number of pyridine rings is 1. The summed E-state index contributed by atoms with van der Waals surface area (Å²) >= 11 is 0. The van der Waals surface area contributed by atoms with Crippen LogP contribution in [0.15, 0.2) is 243 Å². The number of hydrogen-bond donors (Lipinski definition) is 2. The number of benzene rings is 10. The van der Waals surface area contributed by atoms with Crippen LogP contribution in [0.4, 0.5) is 22.7 Å². The number of nitrogens with zero attached hydrogens (tertiary/aromatic N) is 3. The number of rotatable bonds is 9. The van der Waals surface area contributed by atoms with E-state index in [-0.39, 0.29) is 5.41 Å². The fraction of sp³-hybridized carbons (Fsp3) is 0.0580. The van der Waals surface area contributed by atoms with Crippen molar-refractivity contribution < 1.29 is 4.74 Å². The number of fused-ring (bicyclic) bond motifs is 12. The van der Waals surface area contributed by atoms with Crippen molar-refractivity contribution in [3.8, 4) is 67.5 Å². The highest BCUT2D eigenvalue weighted by Crippen LogP contribution is 2.51. The summed E-state index contributed by atoms with van der Waals surface area (Å²) in [6.45, 7) is 6.77. The highest BCUT2D eigenvalue weighted by molar-refractivity contribution is 6.23. The molecule has 0 saturated heterocycles. The lowest BCUT2D eigenvalue weighted by Crippen LogP contribution is -2.12. The highest BCUT2D eigenvalue weighted by atomic mass is 16.5. The second-order valence-corrected chi connectivity index (χ2v) is 20.5. The van der Waals surface area contributed by atoms with Crippen LogP contribution >= 0.6 is 0 Å². The van der Waals surface area contributed by atoms with E-state index in [2.05, 4.69) is 265 Å². The van der Waals surface area contributed by atoms with Crippen LogP contribution in [0.25, 0.3) is 99.6 Å². The average molecular weight is 966 g/mol. The molecule has 6 heteroatoms. The molecule has 0 spiro atoms. The molecule has 1 aliphatic rings. The molecular weight excluding hydrogens is 915 g/mol. The van der Waals surface area contributed by atoms with Gasteiger partial charge in [-0.3, -0.25) is 4.57 Å². The first-order valence-electron chi connectivity index (χ1n) is 25.7. The molecular formula is C69H51N5O. The number of hydrogen-bond acceptors (Lipinski definition) is 4. The number of ether oxygens (including phenoxy) is 1. The zero-order valence-electron chi connectivity index (χ0n) is 41.8. The van der Waals surface area contributed by atoms with E-state index >= 15 is 0 Å². The molecule has 0 atom stereocenters. The van der Waals surface area contributed by atoms with Crippen molar-refractivity contribution in [3.05, 3.63) is 248 Å². The van der Waals surface area contributed by atoms with Crippen molar-refractivity contribution in [3.63, 3.8) is 0 Å². The van der Waals surface area contributed by atoms with E-state index < -0.39 is 0 Å². The first-order chi connectivity index (χ1) is 36.8. The second-order valence-electron chi connectivity index (χ2n) is 20.5. The quantitative estimate of drug-likeness (QED) is 0.151. The van der Waals surface area contributed by atoms with Crippen molar-refractivity contribution in [2.45, 2.75) is 26.2 Å². The van der Waals surface area contributed by atoms with Crippen LogP contribution in [-0.2, 0) is 5.41 Å². The van der Waals surface area contributed by atoms with E-state index in [9.17, 15) is 0 Å². The Morgan fingerprint density at radius 2 is 1.05 bits per heavy atom. The average Bonchev–Trinajstić information content (AvgIpc) is 4.07. The molecule has 0 radical (unpaired) electrons. The molecule has 0 unspecified atom stereocenters. The van der Waals surface area contributed by atoms with Gasteiger partial charge in [0.25, 0.3) is 0 Å². The Labute approximate surface area is 435 Å². The molecule has 0 fully saturated rings. The van der Waals surface area contributed by atoms with Gasteiger partial charge in [0.15, 0.2) is 0 Å². The van der Waals surface area contributed by atoms with E-state index in [1.165, 1.54) is 55.0 Å². The fourth-order valence-corrected chi connectivity index (χ4v) is 11.4. The van der Waals surface area contributed by atoms with Crippen molar-refractivity contribution in [1.82, 2.24) is 14.1 Å². The smallest absolute Gasteiger partial charge is 0.137 e. The lowest BCUT2D eigenvalue weighted by Gasteiger charge is -2.20. The van der Waals surface area contributed by atoms with Crippen LogP contribution in [0.5, 0.6) is 11.5 Å². The van der Waals surface area contributed by atoms with E-state index in [4.69, 9.17) is 9.72 Å². The minimum absolute atomic E-state index is 0.0826. The first kappa shape index (κ1) is 44.1. The van der Waals surface area contributed by atoms with Crippen LogP contribution < -0.4 is 15.4 Å². The van der Waals surface area contributed by atoms with Crippen LogP contribution in [0, 0.1) is 0 Å². The van der Waals surface area contributed by atoms with Crippen LogP contribution in [0.3, 0.4) is 0 Å². The molecule has 4 heterocycles. The Balaban J connectivity index is 0.883. The SMILES string of the molecule is CC(C)(C)c1ccnc(-n2c3cc(Oc4cccc(Nc5ccccc5Nc5c(-c6ccccc6)cccc5-c5ccccc5)c4)ccc3c3c4c(ccc32)-n2c3ccccc3c3cccc(c32)-c2ccccc2-4)c1. The minimum atomic E-state index is -0.0826. The van der Waals surface area contributed by atoms with Gasteiger partial charge in [-0.15, -0.1) is 0 Å². The zero-order valence-corrected chi connectivity index (χ0v) is 41.8. The third-order valence-corrected chi connectivity index (χ3v) is 14.9. The Hall–Kier alpha value is -9.65. The van der Waals surface area contributed by atoms with Gasteiger partial charge in [-0.05, 0) is 100.0 Å². The molecule has 10 aromatic carbocycles. The van der Waals surface area contributed by atoms with Gasteiger partial charge in [0.2, 0.25) is 0 Å². The number of aromatic nitrogens is 3. The molecule has 0 bridgehead atoms. The molecule has 358 valence electrons. The molecule has 13 aromatic rings. The van der Waals surface area contributed by atoms with Crippen LogP contribution in [-0.4, -0.2) is 14.1 Å². The monoisotopic (exact) mass is 965 g/mol. The van der Waals surface area contributed by atoms with Gasteiger partial charge in [-0.1, -0.05) is 178 Å². The third kappa shape index (κ3) is 7.44. The summed E-state index contributed by atoms with van der Waals surface area (Å²) < 4.78 is 11.7. The molecule has 6 nitrogen and oxygen atoms in total. The lowest BCUT2D eigenvalue weighted by molar-refractivity contribution is 0.483. The molecule has 0 saturated carbocycles. The standard InChI is InChI=1S/C69H51N5O/c1-69(2,3)46-39-40-70-64(41-46)73-61-37-38-62-65(54-27-11-10-25-52(54)55-30-18-31-56-53-26-12-15-34-60(53)74(62)68(55)56)66(61)57-36-35-49(43-63(57)73)75-48-24-16-23-47(42-48)71-58-32-13-14-33-59(58)72-67-50(44-19-6-4-7-20-44)28-17-29-51(67)45-21-8-5-9-22-45/h4-43,71-72H,1-3H3. The summed E-state index contributed by atoms with van der Waals surface area (Å²) in [6, 6.07) is 84.2. The van der Waals surface area contributed by atoms with Crippen molar-refractivity contribution in [1.29, 1.82) is 0 Å². The summed E-state index contributed by atoms with van der Waals surface area (Å²) in [5.74, 6) is 2.30. The van der Waals surface area contributed by atoms with Gasteiger partial charge < -0.3 is 19.9 Å². The van der Waals surface area contributed by atoms with Gasteiger partial charge >= 0.3 is 0 Å². The molecule has 2 N–H and O–H groups in total. The normalized spacial score (nSPS) is 11.9. The topological polar surface area (TPSA) is 56.0 Å². The predicted molar refractivity (Wildman–Crippen MR) is 313 cm³/mol. The zero-order chi connectivity index (χ0) is 50.2. The molecule has 0 aliphatic carbocycles. The molecule has 1 aliphatic heterocycles. The van der Waals surface area contributed by atoms with Gasteiger partial charge in [0.05, 0.1) is 44.8 Å². The summed E-state index contributed by atoms with van der Waals surface area (Å²) in [7, 11) is 0. The molecule has 0 amide bonds. The van der Waals surface area contributed by atoms with Crippen molar-refractivity contribution in [2.24, 2.45) is 0 Å². The number of anilines is 4. The first-order valence-corrected chi connectivity index (χ1v) is 25.7. The minimum Gasteiger partial charge on any atom is -0.457 e. The molecule has 3 aromatic heterocycles. The Morgan fingerprint density at radius 1 is 0.427 bits per heavy atom. The Kier molecular flexibility index (Phi) is 10.3. The van der Waals surface area contributed by atoms with Gasteiger partial charge in [-0.25, -0.2) is 4.98 Å². The van der Waals surface area contributed by atoms with E-state index in [1.807, 2.05) is 18.3 Å². The maximum Gasteiger partial charge on any atom is 0.137 e. The van der Waals surface area contributed by atoms with E-state index in [1.54, 1.807) is 0 Å². The van der Waals surface area contributed by atoms with Gasteiger partial charge in [0.1, 0.15) is 17.3 Å². The largest absolute Gasteiger partial charge is 0.457 e. The highest BCUT2D eigenvalue weighted by Gasteiger charge is 2.29. The van der Waals surface area contributed by atoms with Crippen LogP contribution in [0.1, 0.15) is 26.3 Å². The number of para-hydroxylation sites is 5. The summed E-state index contributed by atoms with van der Waals surface area (Å²) in [6.07, 6.45) is 1.95. The maximum absolute atomic E-state index is 6.90. The Morgan fingerprint density at radius 3 is 1.83 bits per heavy atom. The van der Waals surface area contributed by atoms with Gasteiger partial charge in [-0.2, -0.15) is 0 Å². The third-order valence-electron chi connectivity index (χ3n) is 14.9. The summed E-state index contributed by atoms with van der Waals surface area (Å²) in [5, 5.41) is 12.4.